The van der Waals surface area contributed by atoms with Crippen LogP contribution in [-0.2, 0) is 0 Å². The van der Waals surface area contributed by atoms with E-state index in [0.717, 1.165) is 21.3 Å². The van der Waals surface area contributed by atoms with Crippen LogP contribution >= 0.6 is 11.8 Å². The maximum atomic E-state index is 5.98. The number of nitrogens with zero attached hydrogens (tertiary/aromatic N) is 4. The zero-order chi connectivity index (χ0) is 11.8. The lowest BCUT2D eigenvalue weighted by molar-refractivity contribution is 0.565. The average Bonchev–Trinajstić information content (AvgIpc) is 3.04. The first kappa shape index (κ1) is 10.6. The summed E-state index contributed by atoms with van der Waals surface area (Å²) < 4.78 is 1.90. The van der Waals surface area contributed by atoms with Crippen molar-refractivity contribution in [1.29, 1.82) is 0 Å². The molecule has 17 heavy (non-hydrogen) atoms. The van der Waals surface area contributed by atoms with E-state index in [1.807, 2.05) is 29.8 Å². The Kier molecular flexibility index (Phi) is 2.51. The minimum absolute atomic E-state index is 0.484. The van der Waals surface area contributed by atoms with Gasteiger partial charge in [0.15, 0.2) is 0 Å². The molecule has 1 saturated carbocycles. The maximum Gasteiger partial charge on any atom is 0.214 e. The third-order valence-corrected chi connectivity index (χ3v) is 4.00. The Morgan fingerprint density at radius 3 is 2.94 bits per heavy atom. The molecule has 0 unspecified atom stereocenters. The molecule has 0 spiro atoms. The molecule has 6 heteroatoms. The predicted octanol–water partition coefficient (Wildman–Crippen LogP) is 2.05. The molecule has 0 amide bonds. The molecule has 0 atom stereocenters. The molecule has 88 valence electrons. The van der Waals surface area contributed by atoms with Gasteiger partial charge in [-0.15, -0.1) is 5.10 Å². The Labute approximate surface area is 103 Å². The molecule has 1 fully saturated rings. The third-order valence-electron chi connectivity index (χ3n) is 2.79. The number of hydrogen-bond acceptors (Lipinski definition) is 5. The topological polar surface area (TPSA) is 69.6 Å². The van der Waals surface area contributed by atoms with E-state index in [1.165, 1.54) is 12.8 Å². The lowest BCUT2D eigenvalue weighted by Gasteiger charge is -2.08. The molecule has 0 bridgehead atoms. The Morgan fingerprint density at radius 2 is 2.24 bits per heavy atom. The fourth-order valence-electron chi connectivity index (χ4n) is 1.71. The van der Waals surface area contributed by atoms with Crippen molar-refractivity contribution >= 4 is 17.4 Å². The van der Waals surface area contributed by atoms with E-state index in [2.05, 4.69) is 15.5 Å². The Hall–Kier alpha value is -1.56. The average molecular weight is 247 g/mol. The van der Waals surface area contributed by atoms with Crippen molar-refractivity contribution in [2.24, 2.45) is 0 Å². The molecule has 0 radical (unpaired) electrons. The second-order valence-corrected chi connectivity index (χ2v) is 5.21. The number of nitrogens with two attached hydrogens (primary N) is 1. The van der Waals surface area contributed by atoms with Crippen LogP contribution in [0.2, 0.25) is 0 Å². The smallest absolute Gasteiger partial charge is 0.214 e. The van der Waals surface area contributed by atoms with Gasteiger partial charge in [-0.3, -0.25) is 0 Å². The number of aromatic nitrogens is 4. The number of rotatable bonds is 3. The molecular weight excluding hydrogens is 234 g/mol. The molecule has 0 saturated heterocycles. The summed E-state index contributed by atoms with van der Waals surface area (Å²) in [5.41, 5.74) is 7.91. The van der Waals surface area contributed by atoms with Crippen LogP contribution in [0.25, 0.3) is 0 Å². The van der Waals surface area contributed by atoms with Crippen molar-refractivity contribution in [2.45, 2.75) is 35.9 Å². The van der Waals surface area contributed by atoms with Crippen molar-refractivity contribution in [2.75, 3.05) is 5.73 Å². The molecule has 0 aliphatic heterocycles. The summed E-state index contributed by atoms with van der Waals surface area (Å²) in [6.45, 7) is 2.05. The highest BCUT2D eigenvalue weighted by Crippen LogP contribution is 2.39. The van der Waals surface area contributed by atoms with Crippen molar-refractivity contribution in [3.63, 3.8) is 0 Å². The highest BCUT2D eigenvalue weighted by Gasteiger charge is 2.28. The summed E-state index contributed by atoms with van der Waals surface area (Å²) >= 11 is 1.54. The third kappa shape index (κ3) is 2.00. The van der Waals surface area contributed by atoms with Gasteiger partial charge in [0.1, 0.15) is 0 Å². The number of anilines is 1. The van der Waals surface area contributed by atoms with Crippen molar-refractivity contribution in [3.05, 3.63) is 23.8 Å². The highest BCUT2D eigenvalue weighted by molar-refractivity contribution is 7.99. The maximum absolute atomic E-state index is 5.98. The molecule has 2 N–H and O–H groups in total. The van der Waals surface area contributed by atoms with Crippen LogP contribution in [-0.4, -0.2) is 20.2 Å². The van der Waals surface area contributed by atoms with Crippen LogP contribution in [0.4, 0.5) is 5.69 Å². The van der Waals surface area contributed by atoms with Gasteiger partial charge in [0.2, 0.25) is 5.16 Å². The van der Waals surface area contributed by atoms with E-state index >= 15 is 0 Å². The van der Waals surface area contributed by atoms with E-state index in [4.69, 9.17) is 5.73 Å². The van der Waals surface area contributed by atoms with Gasteiger partial charge >= 0.3 is 0 Å². The predicted molar refractivity (Wildman–Crippen MR) is 65.8 cm³/mol. The van der Waals surface area contributed by atoms with Crippen LogP contribution in [0.3, 0.4) is 0 Å². The Balaban J connectivity index is 1.93. The van der Waals surface area contributed by atoms with Crippen LogP contribution in [0, 0.1) is 6.92 Å². The van der Waals surface area contributed by atoms with Crippen LogP contribution in [0.15, 0.2) is 28.3 Å². The summed E-state index contributed by atoms with van der Waals surface area (Å²) in [5.74, 6) is 0. The molecular formula is C11H13N5S. The number of benzene rings is 1. The number of aryl methyl sites for hydroxylation is 1. The van der Waals surface area contributed by atoms with E-state index in [1.54, 1.807) is 11.8 Å². The first-order chi connectivity index (χ1) is 8.25. The summed E-state index contributed by atoms with van der Waals surface area (Å²) in [4.78, 5) is 1.05. The minimum atomic E-state index is 0.484. The summed E-state index contributed by atoms with van der Waals surface area (Å²) in [6, 6.07) is 6.39. The molecule has 1 aliphatic rings. The highest BCUT2D eigenvalue weighted by atomic mass is 32.2. The SMILES string of the molecule is Cc1cccc(N)c1Sc1nnnn1C1CC1. The van der Waals surface area contributed by atoms with Gasteiger partial charge in [0, 0.05) is 10.6 Å². The molecule has 3 rings (SSSR count). The van der Waals surface area contributed by atoms with Crippen molar-refractivity contribution < 1.29 is 0 Å². The largest absolute Gasteiger partial charge is 0.398 e. The van der Waals surface area contributed by atoms with E-state index in [-0.39, 0.29) is 0 Å². The minimum Gasteiger partial charge on any atom is -0.398 e. The van der Waals surface area contributed by atoms with Gasteiger partial charge in [0.05, 0.1) is 6.04 Å². The second-order valence-electron chi connectivity index (χ2n) is 4.23. The quantitative estimate of drug-likeness (QED) is 0.841. The lowest BCUT2D eigenvalue weighted by atomic mass is 10.2. The monoisotopic (exact) mass is 247 g/mol. The molecule has 1 aliphatic carbocycles. The summed E-state index contributed by atoms with van der Waals surface area (Å²) in [5, 5.41) is 12.7. The van der Waals surface area contributed by atoms with Crippen LogP contribution in [0.1, 0.15) is 24.4 Å². The van der Waals surface area contributed by atoms with Crippen LogP contribution < -0.4 is 5.73 Å². The van der Waals surface area contributed by atoms with Gasteiger partial charge in [-0.05, 0) is 53.6 Å². The normalized spacial score (nSPS) is 15.1. The van der Waals surface area contributed by atoms with E-state index in [9.17, 15) is 0 Å². The van der Waals surface area contributed by atoms with E-state index in [0.29, 0.717) is 6.04 Å². The van der Waals surface area contributed by atoms with Gasteiger partial charge < -0.3 is 5.73 Å². The second kappa shape index (κ2) is 4.03. The Morgan fingerprint density at radius 1 is 1.41 bits per heavy atom. The lowest BCUT2D eigenvalue weighted by Crippen LogP contribution is -1.99. The molecule has 1 aromatic heterocycles. The summed E-state index contributed by atoms with van der Waals surface area (Å²) in [7, 11) is 0. The zero-order valence-electron chi connectivity index (χ0n) is 9.50. The first-order valence-electron chi connectivity index (χ1n) is 5.56. The van der Waals surface area contributed by atoms with Gasteiger partial charge in [-0.1, -0.05) is 12.1 Å². The molecule has 1 heterocycles. The van der Waals surface area contributed by atoms with Gasteiger partial charge in [-0.2, -0.15) is 0 Å². The fraction of sp³-hybridized carbons (Fsp3) is 0.364. The molecule has 2 aromatic rings. The fourth-order valence-corrected chi connectivity index (χ4v) is 2.66. The standard InChI is InChI=1S/C11H13N5S/c1-7-3-2-4-9(12)10(7)17-11-13-14-15-16(11)8-5-6-8/h2-4,8H,5-6,12H2,1H3. The zero-order valence-corrected chi connectivity index (χ0v) is 10.3. The van der Waals surface area contributed by atoms with Gasteiger partial charge in [-0.25, -0.2) is 4.68 Å². The number of tetrazole rings is 1. The number of hydrogen-bond donors (Lipinski definition) is 1. The first-order valence-corrected chi connectivity index (χ1v) is 6.38. The van der Waals surface area contributed by atoms with Gasteiger partial charge in [0.25, 0.3) is 0 Å². The molecule has 1 aromatic carbocycles. The van der Waals surface area contributed by atoms with Crippen LogP contribution in [0.5, 0.6) is 0 Å². The van der Waals surface area contributed by atoms with E-state index < -0.39 is 0 Å². The van der Waals surface area contributed by atoms with Crippen molar-refractivity contribution in [1.82, 2.24) is 20.2 Å². The van der Waals surface area contributed by atoms with Crippen molar-refractivity contribution in [3.8, 4) is 0 Å². The molecule has 5 nitrogen and oxygen atoms in total. The Bertz CT molecular complexity index is 526. The number of nitrogen functional groups attached to an aromatic ring is 1. The summed E-state index contributed by atoms with van der Waals surface area (Å²) in [6.07, 6.45) is 2.34.